The van der Waals surface area contributed by atoms with Gasteiger partial charge in [-0.05, 0) is 36.2 Å². The number of nitrogens with one attached hydrogen (secondary N) is 2. The number of rotatable bonds is 9. The highest BCUT2D eigenvalue weighted by Crippen LogP contribution is 2.28. The second kappa shape index (κ2) is 9.65. The van der Waals surface area contributed by atoms with E-state index in [9.17, 15) is 9.18 Å². The van der Waals surface area contributed by atoms with Crippen LogP contribution in [0.2, 0.25) is 0 Å². The Bertz CT molecular complexity index is 731. The monoisotopic (exact) mass is 358 g/mol. The first-order valence-electron chi connectivity index (χ1n) is 8.97. The zero-order valence-electron chi connectivity index (χ0n) is 15.1. The molecule has 2 aromatic rings. The van der Waals surface area contributed by atoms with Crippen LogP contribution in [-0.2, 0) is 11.3 Å². The lowest BCUT2D eigenvalue weighted by molar-refractivity contribution is -0.116. The van der Waals surface area contributed by atoms with Crippen LogP contribution in [0.25, 0.3) is 0 Å². The standard InChI is InChI=1S/C20H27FN4O/c1-2-3-4-5-6-18(26)25-17-12-11-16(19(21)20(17)23)24-13-14-7-9-15(22)10-8-14/h7-12,24H,2-6,13,22-23H2,1H3,(H,25,26). The van der Waals surface area contributed by atoms with Gasteiger partial charge in [0.2, 0.25) is 5.91 Å². The van der Waals surface area contributed by atoms with Gasteiger partial charge in [0.25, 0.3) is 0 Å². The van der Waals surface area contributed by atoms with E-state index < -0.39 is 5.82 Å². The van der Waals surface area contributed by atoms with Crippen LogP contribution in [0.15, 0.2) is 36.4 Å². The first-order chi connectivity index (χ1) is 12.5. The molecule has 0 radical (unpaired) electrons. The Balaban J connectivity index is 1.94. The van der Waals surface area contributed by atoms with Crippen molar-refractivity contribution in [3.05, 3.63) is 47.8 Å². The van der Waals surface area contributed by atoms with Gasteiger partial charge in [-0.25, -0.2) is 4.39 Å². The summed E-state index contributed by atoms with van der Waals surface area (Å²) in [5, 5.41) is 5.70. The van der Waals surface area contributed by atoms with Gasteiger partial charge in [-0.15, -0.1) is 0 Å². The number of halogens is 1. The number of hydrogen-bond acceptors (Lipinski definition) is 4. The van der Waals surface area contributed by atoms with E-state index in [1.807, 2.05) is 12.1 Å². The second-order valence-electron chi connectivity index (χ2n) is 6.34. The molecule has 0 saturated carbocycles. The predicted molar refractivity (Wildman–Crippen MR) is 106 cm³/mol. The summed E-state index contributed by atoms with van der Waals surface area (Å²) in [6.45, 7) is 2.56. The Morgan fingerprint density at radius 1 is 1.00 bits per heavy atom. The molecule has 0 bridgehead atoms. The average molecular weight is 358 g/mol. The molecule has 0 unspecified atom stereocenters. The van der Waals surface area contributed by atoms with Crippen molar-refractivity contribution in [1.82, 2.24) is 0 Å². The molecular weight excluding hydrogens is 331 g/mol. The first kappa shape index (κ1) is 19.6. The highest BCUT2D eigenvalue weighted by Gasteiger charge is 2.12. The van der Waals surface area contributed by atoms with Gasteiger partial charge >= 0.3 is 0 Å². The summed E-state index contributed by atoms with van der Waals surface area (Å²) in [5.41, 5.74) is 13.7. The number of amides is 1. The molecule has 6 heteroatoms. The fraction of sp³-hybridized carbons (Fsp3) is 0.350. The number of nitrogens with two attached hydrogens (primary N) is 2. The van der Waals surface area contributed by atoms with Gasteiger partial charge < -0.3 is 22.1 Å². The molecule has 140 valence electrons. The minimum absolute atomic E-state index is 0.0609. The molecule has 0 saturated heterocycles. The maximum absolute atomic E-state index is 14.5. The Morgan fingerprint density at radius 3 is 2.38 bits per heavy atom. The minimum atomic E-state index is -0.566. The van der Waals surface area contributed by atoms with Crippen LogP contribution in [0, 0.1) is 5.82 Å². The molecule has 0 aromatic heterocycles. The van der Waals surface area contributed by atoms with Gasteiger partial charge in [0, 0.05) is 18.7 Å². The summed E-state index contributed by atoms with van der Waals surface area (Å²) in [7, 11) is 0. The van der Waals surface area contributed by atoms with Gasteiger partial charge in [0.15, 0.2) is 5.82 Å². The number of carbonyl (C=O) groups excluding carboxylic acids is 1. The Morgan fingerprint density at radius 2 is 1.69 bits per heavy atom. The van der Waals surface area contributed by atoms with E-state index in [1.165, 1.54) is 0 Å². The van der Waals surface area contributed by atoms with Gasteiger partial charge in [0.05, 0.1) is 17.1 Å². The molecular formula is C20H27FN4O. The molecule has 6 N–H and O–H groups in total. The van der Waals surface area contributed by atoms with Crippen molar-refractivity contribution in [2.24, 2.45) is 0 Å². The lowest BCUT2D eigenvalue weighted by Crippen LogP contribution is -2.14. The largest absolute Gasteiger partial charge is 0.399 e. The second-order valence-corrected chi connectivity index (χ2v) is 6.34. The van der Waals surface area contributed by atoms with E-state index >= 15 is 0 Å². The van der Waals surface area contributed by atoms with Crippen molar-refractivity contribution in [1.29, 1.82) is 0 Å². The maximum atomic E-state index is 14.5. The van der Waals surface area contributed by atoms with E-state index in [1.54, 1.807) is 24.3 Å². The maximum Gasteiger partial charge on any atom is 0.224 e. The Labute approximate surface area is 154 Å². The van der Waals surface area contributed by atoms with Gasteiger partial charge in [-0.2, -0.15) is 0 Å². The zero-order valence-corrected chi connectivity index (χ0v) is 15.1. The summed E-state index contributed by atoms with van der Waals surface area (Å²) in [4.78, 5) is 11.9. The molecule has 0 aliphatic carbocycles. The number of carbonyl (C=O) groups is 1. The molecule has 5 nitrogen and oxygen atoms in total. The van der Waals surface area contributed by atoms with Gasteiger partial charge in [-0.3, -0.25) is 4.79 Å². The lowest BCUT2D eigenvalue weighted by atomic mass is 10.1. The molecule has 26 heavy (non-hydrogen) atoms. The highest BCUT2D eigenvalue weighted by molar-refractivity contribution is 5.94. The minimum Gasteiger partial charge on any atom is -0.399 e. The summed E-state index contributed by atoms with van der Waals surface area (Å²) in [5.74, 6) is -0.709. The van der Waals surface area contributed by atoms with Crippen molar-refractivity contribution in [3.8, 4) is 0 Å². The van der Waals surface area contributed by atoms with Gasteiger partial charge in [-0.1, -0.05) is 38.3 Å². The van der Waals surface area contributed by atoms with E-state index in [2.05, 4.69) is 17.6 Å². The van der Waals surface area contributed by atoms with E-state index in [-0.39, 0.29) is 11.6 Å². The Hall–Kier alpha value is -2.76. The molecule has 0 fully saturated rings. The first-order valence-corrected chi connectivity index (χ1v) is 8.97. The van der Waals surface area contributed by atoms with Crippen molar-refractivity contribution in [3.63, 3.8) is 0 Å². The average Bonchev–Trinajstić information content (AvgIpc) is 2.63. The molecule has 2 aromatic carbocycles. The molecule has 0 spiro atoms. The fourth-order valence-corrected chi connectivity index (χ4v) is 2.60. The smallest absolute Gasteiger partial charge is 0.224 e. The van der Waals surface area contributed by atoms with Crippen LogP contribution < -0.4 is 22.1 Å². The summed E-state index contributed by atoms with van der Waals surface area (Å²) in [6.07, 6.45) is 4.48. The predicted octanol–water partition coefficient (Wildman–Crippen LogP) is 4.51. The van der Waals surface area contributed by atoms with Crippen LogP contribution in [0.3, 0.4) is 0 Å². The summed E-state index contributed by atoms with van der Waals surface area (Å²) >= 11 is 0. The van der Waals surface area contributed by atoms with Crippen LogP contribution in [0.4, 0.5) is 27.1 Å². The number of benzene rings is 2. The van der Waals surface area contributed by atoms with Crippen LogP contribution in [-0.4, -0.2) is 5.91 Å². The zero-order chi connectivity index (χ0) is 18.9. The normalized spacial score (nSPS) is 10.5. The third kappa shape index (κ3) is 5.65. The van der Waals surface area contributed by atoms with E-state index in [4.69, 9.17) is 11.5 Å². The SMILES string of the molecule is CCCCCCC(=O)Nc1ccc(NCc2ccc(N)cc2)c(F)c1N. The fourth-order valence-electron chi connectivity index (χ4n) is 2.60. The molecule has 0 aliphatic heterocycles. The number of anilines is 4. The van der Waals surface area contributed by atoms with Crippen molar-refractivity contribution in [2.75, 3.05) is 22.1 Å². The van der Waals surface area contributed by atoms with Crippen LogP contribution >= 0.6 is 0 Å². The Kier molecular flexibility index (Phi) is 7.26. The summed E-state index contributed by atoms with van der Waals surface area (Å²) < 4.78 is 14.5. The number of nitrogen functional groups attached to an aromatic ring is 2. The summed E-state index contributed by atoms with van der Waals surface area (Å²) in [6, 6.07) is 10.5. The van der Waals surface area contributed by atoms with E-state index in [0.717, 1.165) is 31.2 Å². The molecule has 2 rings (SSSR count). The topological polar surface area (TPSA) is 93.2 Å². The number of unbranched alkanes of at least 4 members (excludes halogenated alkanes) is 3. The van der Waals surface area contributed by atoms with Crippen LogP contribution in [0.1, 0.15) is 44.6 Å². The number of hydrogen-bond donors (Lipinski definition) is 4. The van der Waals surface area contributed by atoms with Crippen molar-refractivity contribution in [2.45, 2.75) is 45.6 Å². The quantitative estimate of drug-likeness (QED) is 0.392. The van der Waals surface area contributed by atoms with Crippen molar-refractivity contribution >= 4 is 28.7 Å². The third-order valence-electron chi connectivity index (χ3n) is 4.17. The molecule has 1 amide bonds. The van der Waals surface area contributed by atoms with Crippen LogP contribution in [0.5, 0.6) is 0 Å². The highest BCUT2D eigenvalue weighted by atomic mass is 19.1. The molecule has 0 atom stereocenters. The third-order valence-corrected chi connectivity index (χ3v) is 4.17. The van der Waals surface area contributed by atoms with Gasteiger partial charge in [0.1, 0.15) is 0 Å². The molecule has 0 aliphatic rings. The molecule has 0 heterocycles. The van der Waals surface area contributed by atoms with Crippen molar-refractivity contribution < 1.29 is 9.18 Å². The van der Waals surface area contributed by atoms with E-state index in [0.29, 0.717) is 30.0 Å². The lowest BCUT2D eigenvalue weighted by Gasteiger charge is -2.13.